The van der Waals surface area contributed by atoms with Gasteiger partial charge < -0.3 is 19.9 Å². The standard InChI is InChI=1S/C28H39N3O4/c1-35-14-13-31-17-22(26(33)29-16-19-15-20-9-10-24(19)28(20)11-12-28)25(32)23(18-31)27(34)30-21-7-5-3-2-4-6-8-21/h9-10,17-21,24H,2-8,11-16H2,1H3,(H,29,33)(H,30,34)/t19-,20-,24+/m1/s1. The molecule has 1 aromatic rings. The summed E-state index contributed by atoms with van der Waals surface area (Å²) in [6, 6.07) is 0.0766. The maximum absolute atomic E-state index is 13.3. The fourth-order valence-electron chi connectivity index (χ4n) is 6.82. The number of nitrogens with one attached hydrogen (secondary N) is 2. The number of methoxy groups -OCH3 is 1. The Kier molecular flexibility index (Phi) is 7.14. The van der Waals surface area contributed by atoms with E-state index in [0.717, 1.165) is 32.1 Å². The minimum Gasteiger partial charge on any atom is -0.383 e. The molecule has 4 aliphatic rings. The third kappa shape index (κ3) is 4.97. The summed E-state index contributed by atoms with van der Waals surface area (Å²) >= 11 is 0. The van der Waals surface area contributed by atoms with Crippen molar-refractivity contribution >= 4 is 11.8 Å². The molecule has 0 aliphatic heterocycles. The molecule has 1 spiro atoms. The van der Waals surface area contributed by atoms with Gasteiger partial charge in [-0.15, -0.1) is 0 Å². The van der Waals surface area contributed by atoms with Crippen LogP contribution in [-0.2, 0) is 11.3 Å². The average Bonchev–Trinajstić information content (AvgIpc) is 3.50. The molecule has 2 amide bonds. The highest BCUT2D eigenvalue weighted by atomic mass is 16.5. The number of allylic oxidation sites excluding steroid dienone is 2. The van der Waals surface area contributed by atoms with E-state index in [1.54, 1.807) is 24.1 Å². The number of hydrogen-bond acceptors (Lipinski definition) is 4. The zero-order valence-electron chi connectivity index (χ0n) is 20.9. The van der Waals surface area contributed by atoms with Crippen LogP contribution < -0.4 is 16.1 Å². The van der Waals surface area contributed by atoms with Crippen LogP contribution in [0.1, 0.15) is 84.9 Å². The van der Waals surface area contributed by atoms with Gasteiger partial charge in [0.05, 0.1) is 6.61 Å². The number of amides is 2. The quantitative estimate of drug-likeness (QED) is 0.555. The van der Waals surface area contributed by atoms with Gasteiger partial charge in [-0.3, -0.25) is 14.4 Å². The summed E-state index contributed by atoms with van der Waals surface area (Å²) in [6.45, 7) is 1.45. The minimum atomic E-state index is -0.494. The molecular weight excluding hydrogens is 442 g/mol. The van der Waals surface area contributed by atoms with Crippen molar-refractivity contribution in [3.8, 4) is 0 Å². The van der Waals surface area contributed by atoms with Crippen LogP contribution in [0, 0.1) is 23.2 Å². The maximum Gasteiger partial charge on any atom is 0.256 e. The van der Waals surface area contributed by atoms with Crippen molar-refractivity contribution in [3.05, 3.63) is 45.9 Å². The third-order valence-electron chi connectivity index (χ3n) is 8.93. The molecule has 4 aliphatic carbocycles. The summed E-state index contributed by atoms with van der Waals surface area (Å²) in [4.78, 5) is 39.6. The number of carbonyl (C=O) groups is 2. The molecule has 0 aromatic carbocycles. The smallest absolute Gasteiger partial charge is 0.256 e. The lowest BCUT2D eigenvalue weighted by atomic mass is 9.89. The predicted octanol–water partition coefficient (Wildman–Crippen LogP) is 3.67. The average molecular weight is 482 g/mol. The Morgan fingerprint density at radius 2 is 1.71 bits per heavy atom. The van der Waals surface area contributed by atoms with Crippen molar-refractivity contribution in [1.29, 1.82) is 0 Å². The molecule has 3 saturated carbocycles. The van der Waals surface area contributed by atoms with Crippen LogP contribution in [0.3, 0.4) is 0 Å². The van der Waals surface area contributed by atoms with Crippen molar-refractivity contribution < 1.29 is 14.3 Å². The molecule has 1 aromatic heterocycles. The Hall–Kier alpha value is -2.41. The molecule has 3 atom stereocenters. The molecule has 7 heteroatoms. The van der Waals surface area contributed by atoms with E-state index >= 15 is 0 Å². The molecule has 1 heterocycles. The maximum atomic E-state index is 13.3. The molecule has 7 nitrogen and oxygen atoms in total. The molecule has 0 radical (unpaired) electrons. The number of nitrogens with zero attached hydrogens (tertiary/aromatic N) is 1. The second kappa shape index (κ2) is 10.3. The molecule has 2 bridgehead atoms. The summed E-state index contributed by atoms with van der Waals surface area (Å²) < 4.78 is 6.91. The summed E-state index contributed by atoms with van der Waals surface area (Å²) in [7, 11) is 1.61. The minimum absolute atomic E-state index is 0.0336. The van der Waals surface area contributed by atoms with E-state index in [1.165, 1.54) is 32.1 Å². The van der Waals surface area contributed by atoms with E-state index in [9.17, 15) is 14.4 Å². The molecule has 35 heavy (non-hydrogen) atoms. The first-order chi connectivity index (χ1) is 17.0. The first kappa shape index (κ1) is 24.3. The third-order valence-corrected chi connectivity index (χ3v) is 8.93. The van der Waals surface area contributed by atoms with Crippen LogP contribution >= 0.6 is 0 Å². The van der Waals surface area contributed by atoms with Crippen LogP contribution in [0.2, 0.25) is 0 Å². The topological polar surface area (TPSA) is 89.4 Å². The highest BCUT2D eigenvalue weighted by Gasteiger charge is 2.62. The van der Waals surface area contributed by atoms with Crippen LogP contribution in [0.4, 0.5) is 0 Å². The van der Waals surface area contributed by atoms with Gasteiger partial charge in [0.1, 0.15) is 11.1 Å². The fraction of sp³-hybridized carbons (Fsp3) is 0.679. The molecule has 0 unspecified atom stereocenters. The predicted molar refractivity (Wildman–Crippen MR) is 134 cm³/mol. The van der Waals surface area contributed by atoms with Gasteiger partial charge in [0.2, 0.25) is 5.43 Å². The fourth-order valence-corrected chi connectivity index (χ4v) is 6.82. The van der Waals surface area contributed by atoms with E-state index in [2.05, 4.69) is 22.8 Å². The monoisotopic (exact) mass is 481 g/mol. The summed E-state index contributed by atoms with van der Waals surface area (Å²) in [5.74, 6) is 0.861. The van der Waals surface area contributed by atoms with E-state index < -0.39 is 11.3 Å². The Bertz CT molecular complexity index is 1030. The first-order valence-corrected chi connectivity index (χ1v) is 13.5. The van der Waals surface area contributed by atoms with Gasteiger partial charge >= 0.3 is 0 Å². The lowest BCUT2D eigenvalue weighted by Gasteiger charge is -2.22. The lowest BCUT2D eigenvalue weighted by Crippen LogP contribution is -2.40. The van der Waals surface area contributed by atoms with E-state index in [-0.39, 0.29) is 23.1 Å². The zero-order valence-corrected chi connectivity index (χ0v) is 20.9. The normalized spacial score (nSPS) is 26.9. The second-order valence-corrected chi connectivity index (χ2v) is 11.1. The molecule has 0 saturated heterocycles. The SMILES string of the molecule is COCCn1cc(C(=O)NC[C@H]2C[C@H]3C=C[C@@H]2C32CC2)c(=O)c(C(=O)NC2CCCCCCC2)c1. The van der Waals surface area contributed by atoms with Gasteiger partial charge in [0.15, 0.2) is 0 Å². The van der Waals surface area contributed by atoms with Crippen molar-refractivity contribution in [2.24, 2.45) is 23.2 Å². The van der Waals surface area contributed by atoms with Gasteiger partial charge in [0, 0.05) is 38.6 Å². The van der Waals surface area contributed by atoms with Gasteiger partial charge in [-0.1, -0.05) is 44.3 Å². The highest BCUT2D eigenvalue weighted by molar-refractivity contribution is 5.99. The number of carbonyl (C=O) groups excluding carboxylic acids is 2. The number of rotatable bonds is 8. The molecule has 5 rings (SSSR count). The molecule has 190 valence electrons. The van der Waals surface area contributed by atoms with Gasteiger partial charge in [0.25, 0.3) is 11.8 Å². The summed E-state index contributed by atoms with van der Waals surface area (Å²) in [5, 5.41) is 6.11. The van der Waals surface area contributed by atoms with Crippen LogP contribution in [0.15, 0.2) is 29.3 Å². The number of aromatic nitrogens is 1. The van der Waals surface area contributed by atoms with Gasteiger partial charge in [-0.25, -0.2) is 0 Å². The largest absolute Gasteiger partial charge is 0.383 e. The summed E-state index contributed by atoms with van der Waals surface area (Å²) in [5.41, 5.74) is 0.0463. The van der Waals surface area contributed by atoms with Gasteiger partial charge in [-0.05, 0) is 55.3 Å². The van der Waals surface area contributed by atoms with Crippen molar-refractivity contribution in [2.75, 3.05) is 20.3 Å². The van der Waals surface area contributed by atoms with E-state index in [4.69, 9.17) is 4.74 Å². The van der Waals surface area contributed by atoms with Crippen LogP contribution in [-0.4, -0.2) is 42.7 Å². The lowest BCUT2D eigenvalue weighted by molar-refractivity contribution is 0.0928. The Labute approximate surface area is 207 Å². The number of hydrogen-bond donors (Lipinski definition) is 2. The van der Waals surface area contributed by atoms with Gasteiger partial charge in [-0.2, -0.15) is 0 Å². The Balaban J connectivity index is 1.30. The van der Waals surface area contributed by atoms with E-state index in [0.29, 0.717) is 42.9 Å². The number of pyridine rings is 1. The zero-order chi connectivity index (χ0) is 24.4. The van der Waals surface area contributed by atoms with E-state index in [1.807, 2.05) is 0 Å². The van der Waals surface area contributed by atoms with Crippen molar-refractivity contribution in [3.63, 3.8) is 0 Å². The molecular formula is C28H39N3O4. The van der Waals surface area contributed by atoms with Crippen LogP contribution in [0.25, 0.3) is 0 Å². The van der Waals surface area contributed by atoms with Crippen LogP contribution in [0.5, 0.6) is 0 Å². The number of ether oxygens (including phenoxy) is 1. The Morgan fingerprint density at radius 3 is 2.37 bits per heavy atom. The first-order valence-electron chi connectivity index (χ1n) is 13.5. The molecule has 2 N–H and O–H groups in total. The van der Waals surface area contributed by atoms with Crippen molar-refractivity contribution in [2.45, 2.75) is 76.8 Å². The highest BCUT2D eigenvalue weighted by Crippen LogP contribution is 2.69. The Morgan fingerprint density at radius 1 is 1.03 bits per heavy atom. The molecule has 3 fully saturated rings. The van der Waals surface area contributed by atoms with Crippen molar-refractivity contribution in [1.82, 2.24) is 15.2 Å². The summed E-state index contributed by atoms with van der Waals surface area (Å²) in [6.07, 6.45) is 19.2. The second-order valence-electron chi connectivity index (χ2n) is 11.1.